The Kier molecular flexibility index (Phi) is 9.35. The van der Waals surface area contributed by atoms with Crippen LogP contribution in [-0.2, 0) is 11.3 Å². The third-order valence-electron chi connectivity index (χ3n) is 4.87. The number of hydrogen-bond acceptors (Lipinski definition) is 4. The number of rotatable bonds is 4. The van der Waals surface area contributed by atoms with Crippen molar-refractivity contribution in [1.29, 1.82) is 0 Å². The molecule has 0 aliphatic carbocycles. The third kappa shape index (κ3) is 5.92. The van der Waals surface area contributed by atoms with Crippen molar-refractivity contribution in [3.8, 4) is 0 Å². The topological polar surface area (TPSA) is 40.1 Å². The average Bonchev–Trinajstić information content (AvgIpc) is 2.70. The normalized spacial score (nSPS) is 21.3. The summed E-state index contributed by atoms with van der Waals surface area (Å²) in [4.78, 5) is 9.27. The zero-order chi connectivity index (χ0) is 17.5. The lowest BCUT2D eigenvalue weighted by Gasteiger charge is -2.34. The highest BCUT2D eigenvalue weighted by Gasteiger charge is 2.21. The van der Waals surface area contributed by atoms with Crippen molar-refractivity contribution in [3.05, 3.63) is 29.8 Å². The fourth-order valence-electron chi connectivity index (χ4n) is 3.32. The maximum absolute atomic E-state index is 5.42. The molecule has 3 rings (SSSR count). The van der Waals surface area contributed by atoms with E-state index in [9.17, 15) is 0 Å². The lowest BCUT2D eigenvalue weighted by Crippen LogP contribution is -2.47. The minimum atomic E-state index is 0. The lowest BCUT2D eigenvalue weighted by atomic mass is 10.2. The van der Waals surface area contributed by atoms with Gasteiger partial charge in [0.1, 0.15) is 0 Å². The monoisotopic (exact) mass is 490 g/mol. The fourth-order valence-corrected chi connectivity index (χ4v) is 4.50. The van der Waals surface area contributed by atoms with E-state index < -0.39 is 0 Å². The van der Waals surface area contributed by atoms with Crippen molar-refractivity contribution in [3.63, 3.8) is 0 Å². The maximum Gasteiger partial charge on any atom is 0.193 e. The second-order valence-corrected chi connectivity index (χ2v) is 7.92. The van der Waals surface area contributed by atoms with Crippen molar-refractivity contribution >= 4 is 47.4 Å². The van der Waals surface area contributed by atoms with E-state index in [1.807, 2.05) is 7.05 Å². The Morgan fingerprint density at radius 1 is 1.23 bits per heavy atom. The molecule has 146 valence electrons. The molecule has 7 heteroatoms. The summed E-state index contributed by atoms with van der Waals surface area (Å²) in [6, 6.07) is 8.86. The molecule has 1 atom stereocenters. The predicted molar refractivity (Wildman–Crippen MR) is 123 cm³/mol. The van der Waals surface area contributed by atoms with E-state index in [-0.39, 0.29) is 24.0 Å². The van der Waals surface area contributed by atoms with Gasteiger partial charge in [-0.15, -0.1) is 24.0 Å². The molecule has 1 aromatic rings. The molecular weight excluding hydrogens is 459 g/mol. The van der Waals surface area contributed by atoms with Crippen molar-refractivity contribution in [1.82, 2.24) is 10.2 Å². The number of ether oxygens (including phenoxy) is 1. The number of guanidine groups is 1. The molecule has 26 heavy (non-hydrogen) atoms. The molecule has 0 radical (unpaired) electrons. The second kappa shape index (κ2) is 11.2. The second-order valence-electron chi connectivity index (χ2n) is 6.51. The number of morpholine rings is 1. The van der Waals surface area contributed by atoms with E-state index in [2.05, 4.69) is 63.1 Å². The van der Waals surface area contributed by atoms with Crippen molar-refractivity contribution in [2.45, 2.75) is 25.1 Å². The molecule has 0 amide bonds. The Hall–Kier alpha value is -0.670. The Bertz CT molecular complexity index is 563. The first-order valence-electron chi connectivity index (χ1n) is 9.29. The van der Waals surface area contributed by atoms with Gasteiger partial charge in [-0.25, -0.2) is 0 Å². The Morgan fingerprint density at radius 2 is 1.96 bits per heavy atom. The lowest BCUT2D eigenvalue weighted by molar-refractivity contribution is 0.122. The van der Waals surface area contributed by atoms with Gasteiger partial charge in [-0.1, -0.05) is 19.1 Å². The van der Waals surface area contributed by atoms with Crippen LogP contribution in [0, 0.1) is 0 Å². The van der Waals surface area contributed by atoms with Crippen LogP contribution in [0.3, 0.4) is 0 Å². The molecule has 0 saturated carbocycles. The van der Waals surface area contributed by atoms with Gasteiger partial charge in [0, 0.05) is 56.5 Å². The highest BCUT2D eigenvalue weighted by atomic mass is 127. The summed E-state index contributed by atoms with van der Waals surface area (Å²) in [6.45, 7) is 8.88. The number of thioether (sulfide) groups is 1. The van der Waals surface area contributed by atoms with Gasteiger partial charge in [-0.3, -0.25) is 4.99 Å². The number of halogens is 1. The molecule has 1 aromatic carbocycles. The van der Waals surface area contributed by atoms with Crippen LogP contribution >= 0.6 is 35.7 Å². The predicted octanol–water partition coefficient (Wildman–Crippen LogP) is 3.04. The molecule has 2 aliphatic rings. The van der Waals surface area contributed by atoms with Gasteiger partial charge in [0.2, 0.25) is 0 Å². The molecule has 2 saturated heterocycles. The molecule has 1 N–H and O–H groups in total. The molecule has 2 aliphatic heterocycles. The molecular formula is C19H31IN4OS. The number of nitrogens with zero attached hydrogens (tertiary/aromatic N) is 3. The number of hydrogen-bond donors (Lipinski definition) is 1. The van der Waals surface area contributed by atoms with E-state index >= 15 is 0 Å². The Labute approximate surface area is 179 Å². The summed E-state index contributed by atoms with van der Waals surface area (Å²) >= 11 is 2.09. The number of aliphatic imine (C=N–C) groups is 1. The standard InChI is InChI=1S/C19H30N4OS.HI/c1-3-18-15-23(10-13-25-18)19(20-2)21-14-16-4-6-17(7-5-16)22-8-11-24-12-9-22;/h4-7,18H,3,8-15H2,1-2H3,(H,20,21);1H. The average molecular weight is 490 g/mol. The van der Waals surface area contributed by atoms with Crippen LogP contribution in [0.2, 0.25) is 0 Å². The summed E-state index contributed by atoms with van der Waals surface area (Å²) in [7, 11) is 1.88. The highest BCUT2D eigenvalue weighted by molar-refractivity contribution is 14.0. The van der Waals surface area contributed by atoms with Crippen LogP contribution in [-0.4, -0.2) is 68.3 Å². The number of benzene rings is 1. The van der Waals surface area contributed by atoms with Crippen molar-refractivity contribution < 1.29 is 4.74 Å². The summed E-state index contributed by atoms with van der Waals surface area (Å²) in [5, 5.41) is 4.25. The molecule has 0 bridgehead atoms. The smallest absolute Gasteiger partial charge is 0.193 e. The SMILES string of the molecule is CCC1CN(C(=NC)NCc2ccc(N3CCOCC3)cc2)CCS1.I. The summed E-state index contributed by atoms with van der Waals surface area (Å²) in [5.41, 5.74) is 2.58. The van der Waals surface area contributed by atoms with Gasteiger partial charge in [0.15, 0.2) is 5.96 Å². The van der Waals surface area contributed by atoms with Crippen LogP contribution < -0.4 is 10.2 Å². The molecule has 2 heterocycles. The maximum atomic E-state index is 5.42. The van der Waals surface area contributed by atoms with Gasteiger partial charge >= 0.3 is 0 Å². The van der Waals surface area contributed by atoms with Crippen LogP contribution in [0.1, 0.15) is 18.9 Å². The molecule has 5 nitrogen and oxygen atoms in total. The van der Waals surface area contributed by atoms with Gasteiger partial charge < -0.3 is 19.9 Å². The van der Waals surface area contributed by atoms with Gasteiger partial charge in [-0.05, 0) is 24.1 Å². The first-order chi connectivity index (χ1) is 12.3. The zero-order valence-corrected chi connectivity index (χ0v) is 19.0. The van der Waals surface area contributed by atoms with E-state index in [1.165, 1.54) is 23.4 Å². The van der Waals surface area contributed by atoms with Gasteiger partial charge in [0.25, 0.3) is 0 Å². The van der Waals surface area contributed by atoms with Crippen molar-refractivity contribution in [2.24, 2.45) is 4.99 Å². The van der Waals surface area contributed by atoms with Crippen LogP contribution in [0.25, 0.3) is 0 Å². The van der Waals surface area contributed by atoms with Crippen LogP contribution in [0.15, 0.2) is 29.3 Å². The molecule has 0 spiro atoms. The fraction of sp³-hybridized carbons (Fsp3) is 0.632. The van der Waals surface area contributed by atoms with Crippen LogP contribution in [0.5, 0.6) is 0 Å². The number of nitrogens with one attached hydrogen (secondary N) is 1. The van der Waals surface area contributed by atoms with E-state index in [0.717, 1.165) is 57.1 Å². The molecule has 2 fully saturated rings. The highest BCUT2D eigenvalue weighted by Crippen LogP contribution is 2.21. The third-order valence-corrected chi connectivity index (χ3v) is 6.24. The zero-order valence-electron chi connectivity index (χ0n) is 15.8. The quantitative estimate of drug-likeness (QED) is 0.399. The Balaban J connectivity index is 0.00000243. The minimum Gasteiger partial charge on any atom is -0.378 e. The molecule has 0 aromatic heterocycles. The van der Waals surface area contributed by atoms with Gasteiger partial charge in [0.05, 0.1) is 13.2 Å². The van der Waals surface area contributed by atoms with Gasteiger partial charge in [-0.2, -0.15) is 11.8 Å². The van der Waals surface area contributed by atoms with Crippen molar-refractivity contribution in [2.75, 3.05) is 57.1 Å². The Morgan fingerprint density at radius 3 is 2.62 bits per heavy atom. The first-order valence-corrected chi connectivity index (χ1v) is 10.3. The molecule has 1 unspecified atom stereocenters. The van der Waals surface area contributed by atoms with E-state index in [1.54, 1.807) is 0 Å². The summed E-state index contributed by atoms with van der Waals surface area (Å²) < 4.78 is 5.42. The van der Waals surface area contributed by atoms with E-state index in [4.69, 9.17) is 4.74 Å². The minimum absolute atomic E-state index is 0. The first kappa shape index (κ1) is 21.6. The summed E-state index contributed by atoms with van der Waals surface area (Å²) in [6.07, 6.45) is 1.22. The van der Waals surface area contributed by atoms with Crippen LogP contribution in [0.4, 0.5) is 5.69 Å². The van der Waals surface area contributed by atoms with E-state index in [0.29, 0.717) is 0 Å². The number of anilines is 1. The summed E-state index contributed by atoms with van der Waals surface area (Å²) in [5.74, 6) is 2.21. The largest absolute Gasteiger partial charge is 0.378 e.